The van der Waals surface area contributed by atoms with E-state index in [9.17, 15) is 47.9 Å². The van der Waals surface area contributed by atoms with Gasteiger partial charge in [0.2, 0.25) is 16.7 Å². The maximum atomic E-state index is 14.9. The van der Waals surface area contributed by atoms with Crippen LogP contribution in [0.4, 0.5) is 51.7 Å². The van der Waals surface area contributed by atoms with E-state index in [-0.39, 0.29) is 72.1 Å². The molecule has 114 heavy (non-hydrogen) atoms. The average Bonchev–Trinajstić information content (AvgIpc) is 0.694. The Kier molecular flexibility index (Phi) is 14.7. The van der Waals surface area contributed by atoms with Crippen LogP contribution in [-0.2, 0) is 0 Å². The van der Waals surface area contributed by atoms with Crippen molar-refractivity contribution in [2.75, 3.05) is 30.5 Å². The molecule has 552 valence electrons. The van der Waals surface area contributed by atoms with Gasteiger partial charge in [-0.05, 0) is 129 Å². The highest BCUT2D eigenvalue weighted by Gasteiger charge is 2.32. The molecule has 0 amide bonds. The summed E-state index contributed by atoms with van der Waals surface area (Å²) in [6, 6.07) is 53.9. The van der Waals surface area contributed by atoms with Crippen molar-refractivity contribution >= 4 is 298 Å². The maximum absolute atomic E-state index is 14.9. The van der Waals surface area contributed by atoms with E-state index in [1.54, 1.807) is 54.6 Å². The van der Waals surface area contributed by atoms with Crippen LogP contribution >= 0.6 is 46.4 Å². The minimum absolute atomic E-state index is 0.0176. The minimum Gasteiger partial charge on any atom is -0.453 e. The molecule has 0 bridgehead atoms. The van der Waals surface area contributed by atoms with Gasteiger partial charge in [0.25, 0.3) is 0 Å². The van der Waals surface area contributed by atoms with Crippen LogP contribution in [0.15, 0.2) is 221 Å². The van der Waals surface area contributed by atoms with E-state index in [1.165, 1.54) is 24.3 Å². The molecule has 0 saturated heterocycles. The first-order chi connectivity index (χ1) is 55.2. The number of rotatable bonds is 5. The Labute approximate surface area is 651 Å². The van der Waals surface area contributed by atoms with Gasteiger partial charge in [-0.15, -0.1) is 0 Å². The lowest BCUT2D eigenvalue weighted by Crippen LogP contribution is -1.97. The normalized spacial score (nSPS) is 12.2. The van der Waals surface area contributed by atoms with E-state index in [0.29, 0.717) is 108 Å². The van der Waals surface area contributed by atoms with Gasteiger partial charge in [-0.25, -0.2) is 17.6 Å². The van der Waals surface area contributed by atoms with Crippen LogP contribution in [0.1, 0.15) is 0 Å². The zero-order chi connectivity index (χ0) is 78.2. The van der Waals surface area contributed by atoms with Gasteiger partial charge in [0.15, 0.2) is 39.5 Å². The fraction of sp³-hybridized carbons (Fsp3) is 0.0227. The third-order valence-corrected chi connectivity index (χ3v) is 22.9. The van der Waals surface area contributed by atoms with E-state index < -0.39 is 43.7 Å². The molecular weight excluding hydrogens is 1550 g/mol. The number of nitrogens with two attached hydrogens (primary N) is 1. The monoisotopic (exact) mass is 1590 g/mol. The van der Waals surface area contributed by atoms with Crippen LogP contribution in [0, 0.1) is 53.6 Å². The fourth-order valence-corrected chi connectivity index (χ4v) is 18.2. The van der Waals surface area contributed by atoms with E-state index in [0.717, 1.165) is 117 Å². The van der Waals surface area contributed by atoms with Gasteiger partial charge in [-0.3, -0.25) is 30.3 Å². The molecule has 23 rings (SSSR count). The van der Waals surface area contributed by atoms with Crippen LogP contribution in [0.2, 0.25) is 20.1 Å². The van der Waals surface area contributed by atoms with Crippen molar-refractivity contribution in [1.29, 1.82) is 0 Å². The number of benzene rings is 17. The van der Waals surface area contributed by atoms with Crippen molar-refractivity contribution in [3.63, 3.8) is 0 Å². The van der Waals surface area contributed by atoms with Gasteiger partial charge >= 0.3 is 17.1 Å². The molecule has 0 spiro atoms. The highest BCUT2D eigenvalue weighted by molar-refractivity contribution is 6.47. The predicted molar refractivity (Wildman–Crippen MR) is 446 cm³/mol. The maximum Gasteiger partial charge on any atom is 0.312 e. The van der Waals surface area contributed by atoms with Crippen LogP contribution in [-0.4, -0.2) is 28.9 Å². The Bertz CT molecular complexity index is 8150. The number of halogens is 8. The van der Waals surface area contributed by atoms with Crippen molar-refractivity contribution in [3.05, 3.63) is 268 Å². The first kappa shape index (κ1) is 68.2. The molecule has 18 nitrogen and oxygen atoms in total. The summed E-state index contributed by atoms with van der Waals surface area (Å²) in [5.74, 6) is -3.77. The molecule has 0 saturated carbocycles. The second-order valence-electron chi connectivity index (χ2n) is 27.6. The van der Waals surface area contributed by atoms with Crippen LogP contribution in [0.3, 0.4) is 0 Å². The van der Waals surface area contributed by atoms with Crippen LogP contribution in [0.25, 0.3) is 218 Å². The lowest BCUT2D eigenvalue weighted by molar-refractivity contribution is -0.383. The number of nitro benzene ring substituents is 3. The number of anilines is 3. The molecule has 0 radical (unpaired) electrons. The van der Waals surface area contributed by atoms with Gasteiger partial charge in [0, 0.05) is 183 Å². The van der Waals surface area contributed by atoms with Crippen molar-refractivity contribution in [2.45, 2.75) is 0 Å². The number of nitrogens with one attached hydrogen (secondary N) is 2. The summed E-state index contributed by atoms with van der Waals surface area (Å²) in [4.78, 5) is 34.1. The number of non-ortho nitro benzene ring substituents is 3. The summed E-state index contributed by atoms with van der Waals surface area (Å²) in [5.41, 5.74) is 10.6. The lowest BCUT2D eigenvalue weighted by Gasteiger charge is -2.20. The number of fused-ring (bicyclic) bond motifs is 22. The molecule has 26 heteroatoms. The summed E-state index contributed by atoms with van der Waals surface area (Å²) in [5, 5.41) is 63.4. The van der Waals surface area contributed by atoms with Gasteiger partial charge in [-0.2, -0.15) is 0 Å². The Hall–Kier alpha value is -13.9. The summed E-state index contributed by atoms with van der Waals surface area (Å²) >= 11 is 26.5. The average molecular weight is 1590 g/mol. The first-order valence-electron chi connectivity index (χ1n) is 35.1. The topological polar surface area (TPSA) is 258 Å². The Morgan fingerprint density at radius 1 is 0.298 bits per heavy atom. The molecule has 0 aliphatic rings. The number of nitro groups is 3. The number of hydrogen-bond acceptors (Lipinski definition) is 15. The molecule has 6 aromatic heterocycles. The SMILES string of the molecule is CNc1ccc2c3c1oc1c4ccccc4c(Cl)cc1c3c1ccc(NC)c3oc4c5ccccc5c(Cl)cc4c2c31.Nc1ccc2c3c1oc1c(F)cc(F)cc1c3c1ccc([N+](=O)[O-])c3oc4c(F)cc(F)cc4c2c31.O=[N+]([O-])c1ccc2c3c1oc1ccc(Cl)cc1c3c1ccc([N+](=O)[O-])c3oc4ccc(Cl)cc4c2c31. The molecule has 0 unspecified atom stereocenters. The van der Waals surface area contributed by atoms with E-state index >= 15 is 0 Å². The summed E-state index contributed by atoms with van der Waals surface area (Å²) in [7, 11) is 3.85. The number of hydrogen-bond donors (Lipinski definition) is 3. The predicted octanol–water partition coefficient (Wildman–Crippen LogP) is 28.2. The van der Waals surface area contributed by atoms with Crippen molar-refractivity contribution in [1.82, 2.24) is 0 Å². The molecule has 6 heterocycles. The highest BCUT2D eigenvalue weighted by Crippen LogP contribution is 2.55. The van der Waals surface area contributed by atoms with Gasteiger partial charge in [-0.1, -0.05) is 113 Å². The number of nitrogens with zero attached hydrogens (tertiary/aromatic N) is 3. The Balaban J connectivity index is 0.000000108. The quantitative estimate of drug-likeness (QED) is 0.0361. The highest BCUT2D eigenvalue weighted by atomic mass is 35.5. The van der Waals surface area contributed by atoms with Crippen LogP contribution < -0.4 is 16.4 Å². The minimum atomic E-state index is -1.05. The fourth-order valence-electron chi connectivity index (χ4n) is 17.3. The smallest absolute Gasteiger partial charge is 0.312 e. The molecule has 4 N–H and O–H groups in total. The van der Waals surface area contributed by atoms with Gasteiger partial charge in [0.1, 0.15) is 34.0 Å². The van der Waals surface area contributed by atoms with Crippen LogP contribution in [0.5, 0.6) is 0 Å². The molecule has 0 aliphatic heterocycles. The standard InChI is InChI=1S/C36H22Cl2N2O2.C26H10Cl2N2O6.C26H10F4N2O4/c1-39-27-13-11-21-30-24-16-26(38)18-8-4-6-10-20(18)34(24)42-36-28(40-2)14-12-22(32(30)36)29-23-15-25(37)17-7-3-5-9-19(17)33(23)41-35(27)31(21)29;27-11-1-7-19-15(9-11)21-13-3-6-18(30(33)34)26-24(13)22(16-10-12(28)2-8-20(16)36-26)14-4-5-17(29(31)32)25(35-19)23(14)21;27-9-5-13-19-12-2-4-18(32(33)34)26-22(12)20(14-6-10(28)8-16(30)24(14)36-26)11-1-3-17(31)25(21(11)19)35-23(13)15(29)7-9/h3-16,39-40H,1-2H3;1-10H;1-8H,31H2. The summed E-state index contributed by atoms with van der Waals surface area (Å²) in [6.45, 7) is 0. The summed E-state index contributed by atoms with van der Waals surface area (Å²) < 4.78 is 95.9. The third kappa shape index (κ3) is 9.50. The second kappa shape index (κ2) is 24.5. The van der Waals surface area contributed by atoms with E-state index in [2.05, 4.69) is 47.0 Å². The molecular formula is C88H42Cl4F4N6O12. The zero-order valence-electron chi connectivity index (χ0n) is 58.3. The number of nitrogen functional groups attached to an aromatic ring is 1. The zero-order valence-corrected chi connectivity index (χ0v) is 61.3. The second-order valence-corrected chi connectivity index (χ2v) is 29.3. The van der Waals surface area contributed by atoms with E-state index in [1.807, 2.05) is 62.6 Å². The van der Waals surface area contributed by atoms with Crippen molar-refractivity contribution < 1.29 is 58.8 Å². The molecule has 17 aromatic carbocycles. The third-order valence-electron chi connectivity index (χ3n) is 21.8. The van der Waals surface area contributed by atoms with Gasteiger partial charge in [0.05, 0.1) is 31.8 Å². The molecule has 0 aliphatic carbocycles. The molecule has 0 fully saturated rings. The molecule has 0 atom stereocenters. The molecule has 23 aromatic rings. The van der Waals surface area contributed by atoms with Gasteiger partial charge < -0.3 is 42.9 Å². The largest absolute Gasteiger partial charge is 0.453 e. The first-order valence-corrected chi connectivity index (χ1v) is 36.6. The Morgan fingerprint density at radius 3 is 1.00 bits per heavy atom. The van der Waals surface area contributed by atoms with Crippen molar-refractivity contribution in [2.24, 2.45) is 0 Å². The Morgan fingerprint density at radius 2 is 0.614 bits per heavy atom. The lowest BCUT2D eigenvalue weighted by atomic mass is 9.88. The van der Waals surface area contributed by atoms with Crippen molar-refractivity contribution in [3.8, 4) is 0 Å². The van der Waals surface area contributed by atoms with E-state index in [4.69, 9.17) is 78.6 Å². The summed E-state index contributed by atoms with van der Waals surface area (Å²) in [6.07, 6.45) is 0.